The van der Waals surface area contributed by atoms with Gasteiger partial charge in [-0.25, -0.2) is 0 Å². The molecule has 0 saturated heterocycles. The average Bonchev–Trinajstić information content (AvgIpc) is 1.54. The summed E-state index contributed by atoms with van der Waals surface area (Å²) in [4.78, 5) is 0. The van der Waals surface area contributed by atoms with Gasteiger partial charge in [-0.15, -0.1) is 0 Å². The molecule has 0 saturated carbocycles. The van der Waals surface area contributed by atoms with Crippen LogP contribution >= 0.6 is 0 Å². The van der Waals surface area contributed by atoms with Crippen LogP contribution in [0, 0.1) is 0 Å². The third-order valence-corrected chi connectivity index (χ3v) is 0. The van der Waals surface area contributed by atoms with E-state index in [1.807, 2.05) is 0 Å². The first kappa shape index (κ1) is 42.9. The van der Waals surface area contributed by atoms with E-state index < -0.39 is 22.0 Å². The fourth-order valence-electron chi connectivity index (χ4n) is 0. The maximum atomic E-state index is 8.42. The van der Waals surface area contributed by atoms with Gasteiger partial charge >= 0.3 is 169 Å². The van der Waals surface area contributed by atoms with Crippen LogP contribution in [0.25, 0.3) is 0 Å². The Hall–Kier alpha value is 5.38. The Balaban J connectivity index is -0.0000000135. The van der Waals surface area contributed by atoms with Crippen molar-refractivity contribution >= 4 is 158 Å². The van der Waals surface area contributed by atoms with Crippen molar-refractivity contribution in [2.75, 3.05) is 0 Å². The zero-order valence-corrected chi connectivity index (χ0v) is 21.4. The van der Waals surface area contributed by atoms with Crippen molar-refractivity contribution in [3.8, 4) is 0 Å². The maximum absolute atomic E-state index is 8.42. The van der Waals surface area contributed by atoms with Crippen LogP contribution in [0.5, 0.6) is 0 Å². The minimum Gasteiger partial charge on any atom is -0.907 e. The molecule has 0 heterocycles. The Morgan fingerprint density at radius 1 is 0.375 bits per heavy atom. The predicted molar refractivity (Wildman–Crippen MR) is 34.5 cm³/mol. The molecule has 0 spiro atoms. The molecule has 0 aromatic heterocycles. The molecule has 0 aliphatic rings. The van der Waals surface area contributed by atoms with Crippen molar-refractivity contribution in [1.82, 2.24) is 0 Å². The van der Waals surface area contributed by atoms with Crippen molar-refractivity contribution in [2.45, 2.75) is 0 Å². The molecule has 0 atom stereocenters. The number of rotatable bonds is 0. The second-order valence-electron chi connectivity index (χ2n) is 0.866. The third kappa shape index (κ3) is 226. The summed E-state index contributed by atoms with van der Waals surface area (Å²) in [5.74, 6) is 0. The third-order valence-electron chi connectivity index (χ3n) is 0. The molecule has 0 aliphatic carbocycles. The molecule has 0 bridgehead atoms. The van der Waals surface area contributed by atoms with E-state index in [0.29, 0.717) is 0 Å². The first-order chi connectivity index (χ1) is 5.20. The van der Waals surface area contributed by atoms with Gasteiger partial charge in [0.05, 0.1) is 0 Å². The molecule has 0 N–H and O–H groups in total. The molecule has 0 rings (SSSR count). The molecule has 72 valence electrons. The summed E-state index contributed by atoms with van der Waals surface area (Å²) in [6.45, 7) is 0. The molecular formula is B3O9Sr3Y. The molecule has 0 aromatic carbocycles. The van der Waals surface area contributed by atoms with E-state index in [2.05, 4.69) is 0 Å². The summed E-state index contributed by atoms with van der Waals surface area (Å²) >= 11 is 0. The molecule has 16 heavy (non-hydrogen) atoms. The topological polar surface area (TPSA) is 208 Å². The molecule has 0 aromatic rings. The summed E-state index contributed by atoms with van der Waals surface area (Å²) < 4.78 is 0. The van der Waals surface area contributed by atoms with E-state index >= 15 is 0 Å². The van der Waals surface area contributed by atoms with Gasteiger partial charge in [-0.1, -0.05) is 0 Å². The molecule has 9 nitrogen and oxygen atoms in total. The van der Waals surface area contributed by atoms with Crippen molar-refractivity contribution in [3.05, 3.63) is 0 Å². The first-order valence-electron chi connectivity index (χ1n) is 2.12. The van der Waals surface area contributed by atoms with Gasteiger partial charge < -0.3 is 45.2 Å². The Labute approximate surface area is 230 Å². The van der Waals surface area contributed by atoms with Crippen LogP contribution in [-0.4, -0.2) is 158 Å². The molecule has 0 amide bonds. The maximum Gasteiger partial charge on any atom is 3.00 e. The van der Waals surface area contributed by atoms with E-state index in [9.17, 15) is 0 Å². The summed E-state index contributed by atoms with van der Waals surface area (Å²) in [6, 6.07) is 0. The van der Waals surface area contributed by atoms with Gasteiger partial charge in [0.2, 0.25) is 0 Å². The van der Waals surface area contributed by atoms with E-state index in [-0.39, 0.29) is 169 Å². The Bertz CT molecular complexity index is 54.5. The summed E-state index contributed by atoms with van der Waals surface area (Å²) in [5.41, 5.74) is 0. The SMILES string of the molecule is [O-]B([O-])[O-].[O-]B([O-])[O-].[O-]B([O-])[O-].[Sr+2].[Sr+2].[Sr+2].[Y+3]. The molecule has 0 unspecified atom stereocenters. The normalized spacial score (nSPS) is 5.06. The van der Waals surface area contributed by atoms with Gasteiger partial charge in [0.1, 0.15) is 0 Å². The van der Waals surface area contributed by atoms with Crippen LogP contribution < -0.4 is 45.2 Å². The van der Waals surface area contributed by atoms with E-state index in [4.69, 9.17) is 45.2 Å². The summed E-state index contributed by atoms with van der Waals surface area (Å²) in [5, 5.41) is 75.8. The molecule has 0 fully saturated rings. The van der Waals surface area contributed by atoms with Gasteiger partial charge in [0, 0.05) is 0 Å². The van der Waals surface area contributed by atoms with Crippen molar-refractivity contribution in [1.29, 1.82) is 0 Å². The number of hydrogen-bond donors (Lipinski definition) is 0. The van der Waals surface area contributed by atoms with E-state index in [0.717, 1.165) is 0 Å². The minimum atomic E-state index is -2.92. The minimum absolute atomic E-state index is 0. The Morgan fingerprint density at radius 3 is 0.375 bits per heavy atom. The smallest absolute Gasteiger partial charge is 0.907 e. The van der Waals surface area contributed by atoms with Crippen molar-refractivity contribution in [3.63, 3.8) is 0 Å². The predicted octanol–water partition coefficient (Wildman–Crippen LogP) is -13.0. The van der Waals surface area contributed by atoms with Crippen LogP contribution in [0.1, 0.15) is 0 Å². The zero-order chi connectivity index (χ0) is 10.7. The Kier molecular flexibility index (Phi) is 99.4. The monoisotopic (exact) mass is 530 g/mol. The zero-order valence-electron chi connectivity index (χ0n) is 8.10. The van der Waals surface area contributed by atoms with Crippen LogP contribution in [0.3, 0.4) is 0 Å². The van der Waals surface area contributed by atoms with E-state index in [1.165, 1.54) is 0 Å². The van der Waals surface area contributed by atoms with Gasteiger partial charge in [0.25, 0.3) is 0 Å². The first-order valence-corrected chi connectivity index (χ1v) is 2.12. The fourth-order valence-corrected chi connectivity index (χ4v) is 0. The Morgan fingerprint density at radius 2 is 0.375 bits per heavy atom. The van der Waals surface area contributed by atoms with Gasteiger partial charge in [-0.05, 0) is 0 Å². The van der Waals surface area contributed by atoms with Crippen LogP contribution in [0.15, 0.2) is 0 Å². The van der Waals surface area contributed by atoms with Crippen LogP contribution in [0.4, 0.5) is 0 Å². The van der Waals surface area contributed by atoms with Crippen molar-refractivity contribution < 1.29 is 77.9 Å². The van der Waals surface area contributed by atoms with Crippen LogP contribution in [-0.2, 0) is 32.7 Å². The molecular weight excluding hydrogens is 528 g/mol. The number of hydrogen-bond acceptors (Lipinski definition) is 9. The second kappa shape index (κ2) is 37.0. The second-order valence-corrected chi connectivity index (χ2v) is 0.866. The van der Waals surface area contributed by atoms with Gasteiger partial charge in [-0.2, -0.15) is 0 Å². The quantitative estimate of drug-likeness (QED) is 0.273. The largest absolute Gasteiger partial charge is 3.00 e. The van der Waals surface area contributed by atoms with Crippen molar-refractivity contribution in [2.24, 2.45) is 0 Å². The van der Waals surface area contributed by atoms with Gasteiger partial charge in [-0.3, -0.25) is 22.0 Å². The van der Waals surface area contributed by atoms with Gasteiger partial charge in [0.15, 0.2) is 0 Å². The van der Waals surface area contributed by atoms with E-state index in [1.54, 1.807) is 0 Å². The fraction of sp³-hybridized carbons (Fsp3) is 0. The standard InChI is InChI=1S/3BO3.3Sr.Y/c3*2-1(3)4;;;;/q3*-3;3*+2;+3. The summed E-state index contributed by atoms with van der Waals surface area (Å²) in [6.07, 6.45) is 0. The molecule has 16 heteroatoms. The summed E-state index contributed by atoms with van der Waals surface area (Å²) in [7, 11) is -8.75. The molecule has 0 aliphatic heterocycles. The average molecular weight is 528 g/mol. The molecule has 0 radical (unpaired) electrons. The van der Waals surface area contributed by atoms with Crippen LogP contribution in [0.2, 0.25) is 0 Å².